The van der Waals surface area contributed by atoms with Gasteiger partial charge in [-0.1, -0.05) is 48.5 Å². The summed E-state index contributed by atoms with van der Waals surface area (Å²) >= 11 is 0. The quantitative estimate of drug-likeness (QED) is 0.594. The first-order chi connectivity index (χ1) is 18.1. The van der Waals surface area contributed by atoms with Crippen LogP contribution in [0.25, 0.3) is 11.1 Å². The summed E-state index contributed by atoms with van der Waals surface area (Å²) in [5.41, 5.74) is 4.10. The Balaban J connectivity index is 1.17. The number of benzene rings is 2. The summed E-state index contributed by atoms with van der Waals surface area (Å²) in [6.45, 7) is 7.21. The second-order valence-corrected chi connectivity index (χ2v) is 11.6. The van der Waals surface area contributed by atoms with Gasteiger partial charge in [-0.25, -0.2) is 9.59 Å². The molecule has 5 rings (SSSR count). The summed E-state index contributed by atoms with van der Waals surface area (Å²) in [6, 6.07) is 16.5. The molecule has 0 spiro atoms. The van der Waals surface area contributed by atoms with Crippen LogP contribution >= 0.6 is 0 Å². The Labute approximate surface area is 223 Å². The molecule has 3 aliphatic rings. The number of hydrogen-bond donors (Lipinski definition) is 1. The predicted octanol–water partition coefficient (Wildman–Crippen LogP) is 5.22. The molecule has 2 atom stereocenters. The molecule has 0 bridgehead atoms. The second kappa shape index (κ2) is 10.3. The lowest BCUT2D eigenvalue weighted by Crippen LogP contribution is -2.42. The Morgan fingerprint density at radius 3 is 2.00 bits per heavy atom. The van der Waals surface area contributed by atoms with E-state index in [-0.39, 0.29) is 37.0 Å². The van der Waals surface area contributed by atoms with Crippen LogP contribution in [0.3, 0.4) is 0 Å². The van der Waals surface area contributed by atoms with E-state index in [0.29, 0.717) is 32.5 Å². The zero-order valence-electron chi connectivity index (χ0n) is 22.3. The molecule has 0 aromatic heterocycles. The van der Waals surface area contributed by atoms with Crippen molar-refractivity contribution in [2.75, 3.05) is 32.8 Å². The average molecular weight is 521 g/mol. The van der Waals surface area contributed by atoms with E-state index in [1.54, 1.807) is 25.7 Å². The molecule has 2 aromatic carbocycles. The van der Waals surface area contributed by atoms with Crippen LogP contribution in [-0.4, -0.2) is 71.4 Å². The number of carbonyl (C=O) groups excluding carboxylic acids is 2. The minimum atomic E-state index is -0.889. The summed E-state index contributed by atoms with van der Waals surface area (Å²) in [5.74, 6) is -1.56. The van der Waals surface area contributed by atoms with Crippen molar-refractivity contribution in [1.29, 1.82) is 0 Å². The van der Waals surface area contributed by atoms with Crippen LogP contribution in [0.4, 0.5) is 9.59 Å². The highest BCUT2D eigenvalue weighted by molar-refractivity contribution is 5.79. The zero-order chi connectivity index (χ0) is 27.0. The molecule has 2 aliphatic heterocycles. The van der Waals surface area contributed by atoms with Gasteiger partial charge in [-0.05, 0) is 67.7 Å². The van der Waals surface area contributed by atoms with E-state index in [1.165, 1.54) is 27.2 Å². The fraction of sp³-hybridized carbons (Fsp3) is 0.500. The Morgan fingerprint density at radius 1 is 0.868 bits per heavy atom. The van der Waals surface area contributed by atoms with Crippen LogP contribution in [0.1, 0.15) is 50.7 Å². The molecule has 1 N–H and O–H groups in total. The number of fused-ring (bicyclic) bond motifs is 3. The van der Waals surface area contributed by atoms with E-state index in [9.17, 15) is 19.5 Å². The molecule has 1 aliphatic carbocycles. The summed E-state index contributed by atoms with van der Waals surface area (Å²) in [5, 5.41) is 9.84. The monoisotopic (exact) mass is 520 g/mol. The van der Waals surface area contributed by atoms with Gasteiger partial charge in [-0.3, -0.25) is 4.79 Å². The van der Waals surface area contributed by atoms with Crippen molar-refractivity contribution in [3.05, 3.63) is 59.7 Å². The molecular formula is C30H36N2O6. The van der Waals surface area contributed by atoms with Crippen LogP contribution in [-0.2, 0) is 14.3 Å². The number of carboxylic acids is 1. The van der Waals surface area contributed by atoms with E-state index in [1.807, 2.05) is 24.3 Å². The standard InChI is InChI=1S/C30H36N2O6/c1-30(2,3)38-29(36)32-16-24(25(17-32)27(33)34)19-12-14-31(15-13-19)28(35)37-18-26-22-10-6-4-8-20(22)21-9-5-7-11-23(21)26/h4-11,19,24-26H,12-18H2,1-3H3,(H,33,34). The topological polar surface area (TPSA) is 96.4 Å². The molecule has 8 nitrogen and oxygen atoms in total. The maximum atomic E-state index is 13.0. The molecule has 2 fully saturated rings. The van der Waals surface area contributed by atoms with Crippen molar-refractivity contribution in [3.8, 4) is 11.1 Å². The van der Waals surface area contributed by atoms with Gasteiger partial charge in [0.15, 0.2) is 0 Å². The molecule has 8 heteroatoms. The van der Waals surface area contributed by atoms with Gasteiger partial charge in [0.05, 0.1) is 5.92 Å². The molecule has 2 saturated heterocycles. The first-order valence-corrected chi connectivity index (χ1v) is 13.4. The lowest BCUT2D eigenvalue weighted by atomic mass is 9.78. The van der Waals surface area contributed by atoms with Gasteiger partial charge < -0.3 is 24.4 Å². The van der Waals surface area contributed by atoms with Crippen LogP contribution in [0.15, 0.2) is 48.5 Å². The summed E-state index contributed by atoms with van der Waals surface area (Å²) in [4.78, 5) is 40.8. The van der Waals surface area contributed by atoms with Crippen molar-refractivity contribution in [2.45, 2.75) is 45.1 Å². The number of nitrogens with zero attached hydrogens (tertiary/aromatic N) is 2. The molecule has 202 valence electrons. The van der Waals surface area contributed by atoms with Gasteiger partial charge in [-0.2, -0.15) is 0 Å². The summed E-state index contributed by atoms with van der Waals surface area (Å²) < 4.78 is 11.3. The fourth-order valence-electron chi connectivity index (χ4n) is 6.24. The number of rotatable bonds is 4. The van der Waals surface area contributed by atoms with Crippen molar-refractivity contribution < 1.29 is 29.0 Å². The van der Waals surface area contributed by atoms with Gasteiger partial charge in [0, 0.05) is 32.1 Å². The highest BCUT2D eigenvalue weighted by Crippen LogP contribution is 2.44. The van der Waals surface area contributed by atoms with Crippen LogP contribution in [0.5, 0.6) is 0 Å². The molecular weight excluding hydrogens is 484 g/mol. The Morgan fingerprint density at radius 2 is 1.45 bits per heavy atom. The number of amides is 2. The summed E-state index contributed by atoms with van der Waals surface area (Å²) in [6.07, 6.45) is 0.561. The number of carbonyl (C=O) groups is 3. The van der Waals surface area contributed by atoms with E-state index >= 15 is 0 Å². The molecule has 0 radical (unpaired) electrons. The van der Waals surface area contributed by atoms with E-state index in [4.69, 9.17) is 9.47 Å². The van der Waals surface area contributed by atoms with Gasteiger partial charge in [-0.15, -0.1) is 0 Å². The minimum Gasteiger partial charge on any atom is -0.481 e. The molecule has 0 saturated carbocycles. The van der Waals surface area contributed by atoms with Crippen LogP contribution in [0, 0.1) is 17.8 Å². The molecule has 2 heterocycles. The summed E-state index contributed by atoms with van der Waals surface area (Å²) in [7, 11) is 0. The van der Waals surface area contributed by atoms with Crippen molar-refractivity contribution in [2.24, 2.45) is 17.8 Å². The third-order valence-electron chi connectivity index (χ3n) is 8.07. The number of piperidine rings is 1. The molecule has 2 amide bonds. The van der Waals surface area contributed by atoms with E-state index < -0.39 is 23.6 Å². The normalized spacial score (nSPS) is 21.7. The number of ether oxygens (including phenoxy) is 2. The SMILES string of the molecule is CC(C)(C)OC(=O)N1CC(C(=O)O)C(C2CCN(C(=O)OCC3c4ccccc4-c4ccccc43)CC2)C1. The maximum Gasteiger partial charge on any atom is 0.410 e. The first-order valence-electron chi connectivity index (χ1n) is 13.4. The van der Waals surface area contributed by atoms with Crippen molar-refractivity contribution in [1.82, 2.24) is 9.80 Å². The Kier molecular flexibility index (Phi) is 7.07. The fourth-order valence-corrected chi connectivity index (χ4v) is 6.24. The van der Waals surface area contributed by atoms with Crippen molar-refractivity contribution >= 4 is 18.2 Å². The highest BCUT2D eigenvalue weighted by Gasteiger charge is 2.45. The van der Waals surface area contributed by atoms with Gasteiger partial charge in [0.25, 0.3) is 0 Å². The van der Waals surface area contributed by atoms with Gasteiger partial charge in [0.2, 0.25) is 0 Å². The Hall–Kier alpha value is -3.55. The third-order valence-corrected chi connectivity index (χ3v) is 8.07. The zero-order valence-corrected chi connectivity index (χ0v) is 22.3. The predicted molar refractivity (Wildman–Crippen MR) is 142 cm³/mol. The lowest BCUT2D eigenvalue weighted by Gasteiger charge is -2.35. The number of carboxylic acid groups (broad SMARTS) is 1. The maximum absolute atomic E-state index is 13.0. The molecule has 2 unspecified atom stereocenters. The minimum absolute atomic E-state index is 0.0116. The number of aliphatic carboxylic acids is 1. The largest absolute Gasteiger partial charge is 0.481 e. The van der Waals surface area contributed by atoms with E-state index in [0.717, 1.165) is 0 Å². The van der Waals surface area contributed by atoms with Crippen LogP contribution < -0.4 is 0 Å². The average Bonchev–Trinajstić information content (AvgIpc) is 3.47. The van der Waals surface area contributed by atoms with Gasteiger partial charge >= 0.3 is 18.2 Å². The van der Waals surface area contributed by atoms with Crippen molar-refractivity contribution in [3.63, 3.8) is 0 Å². The number of hydrogen-bond acceptors (Lipinski definition) is 5. The Bertz CT molecular complexity index is 1170. The lowest BCUT2D eigenvalue weighted by molar-refractivity contribution is -0.143. The smallest absolute Gasteiger partial charge is 0.410 e. The second-order valence-electron chi connectivity index (χ2n) is 11.6. The highest BCUT2D eigenvalue weighted by atomic mass is 16.6. The third kappa shape index (κ3) is 5.22. The molecule has 38 heavy (non-hydrogen) atoms. The van der Waals surface area contributed by atoms with Crippen LogP contribution in [0.2, 0.25) is 0 Å². The first kappa shape index (κ1) is 26.1. The molecule has 2 aromatic rings. The number of likely N-dealkylation sites (tertiary alicyclic amines) is 2. The van der Waals surface area contributed by atoms with Gasteiger partial charge in [0.1, 0.15) is 12.2 Å². The van der Waals surface area contributed by atoms with E-state index in [2.05, 4.69) is 24.3 Å².